The van der Waals surface area contributed by atoms with Gasteiger partial charge in [0, 0.05) is 12.8 Å². The first kappa shape index (κ1) is 14.5. The summed E-state index contributed by atoms with van der Waals surface area (Å²) in [5.74, 6) is 0.589. The van der Waals surface area contributed by atoms with Crippen LogP contribution in [0.3, 0.4) is 0 Å². The molecule has 2 amide bonds. The second kappa shape index (κ2) is 6.50. The SMILES string of the molecule is CC(=O)Nc1cnc(NC(=O)C2CCCCC2)cc1C. The zero-order valence-corrected chi connectivity index (χ0v) is 12.0. The van der Waals surface area contributed by atoms with Crippen molar-refractivity contribution >= 4 is 23.3 Å². The van der Waals surface area contributed by atoms with Crippen molar-refractivity contribution in [2.24, 2.45) is 5.92 Å². The van der Waals surface area contributed by atoms with E-state index in [-0.39, 0.29) is 17.7 Å². The van der Waals surface area contributed by atoms with E-state index in [0.29, 0.717) is 11.5 Å². The Kier molecular flexibility index (Phi) is 4.71. The third-order valence-electron chi connectivity index (χ3n) is 3.65. The molecule has 5 heteroatoms. The molecule has 2 N–H and O–H groups in total. The summed E-state index contributed by atoms with van der Waals surface area (Å²) in [4.78, 5) is 27.3. The zero-order chi connectivity index (χ0) is 14.5. The Hall–Kier alpha value is -1.91. The lowest BCUT2D eigenvalue weighted by molar-refractivity contribution is -0.120. The summed E-state index contributed by atoms with van der Waals surface area (Å²) in [5, 5.41) is 5.57. The summed E-state index contributed by atoms with van der Waals surface area (Å²) < 4.78 is 0. The van der Waals surface area contributed by atoms with Gasteiger partial charge < -0.3 is 10.6 Å². The molecular weight excluding hydrogens is 254 g/mol. The number of hydrogen-bond acceptors (Lipinski definition) is 3. The average molecular weight is 275 g/mol. The van der Waals surface area contributed by atoms with Gasteiger partial charge in [-0.3, -0.25) is 9.59 Å². The second-order valence-electron chi connectivity index (χ2n) is 5.39. The number of carbonyl (C=O) groups excluding carboxylic acids is 2. The van der Waals surface area contributed by atoms with Crippen LogP contribution in [-0.2, 0) is 9.59 Å². The van der Waals surface area contributed by atoms with Crippen LogP contribution >= 0.6 is 0 Å². The van der Waals surface area contributed by atoms with Crippen LogP contribution in [0.5, 0.6) is 0 Å². The van der Waals surface area contributed by atoms with Crippen LogP contribution < -0.4 is 10.6 Å². The second-order valence-corrected chi connectivity index (χ2v) is 5.39. The normalized spacial score (nSPS) is 15.7. The van der Waals surface area contributed by atoms with Gasteiger partial charge in [-0.15, -0.1) is 0 Å². The molecule has 0 saturated heterocycles. The molecule has 20 heavy (non-hydrogen) atoms. The van der Waals surface area contributed by atoms with Crippen molar-refractivity contribution in [1.82, 2.24) is 4.98 Å². The number of aromatic nitrogens is 1. The first-order valence-electron chi connectivity index (χ1n) is 7.11. The number of nitrogens with one attached hydrogen (secondary N) is 2. The third-order valence-corrected chi connectivity index (χ3v) is 3.65. The number of pyridine rings is 1. The lowest BCUT2D eigenvalue weighted by Gasteiger charge is -2.20. The minimum absolute atomic E-state index is 0.0591. The molecule has 1 fully saturated rings. The van der Waals surface area contributed by atoms with Gasteiger partial charge in [-0.1, -0.05) is 19.3 Å². The highest BCUT2D eigenvalue weighted by atomic mass is 16.2. The molecule has 2 rings (SSSR count). The van der Waals surface area contributed by atoms with Gasteiger partial charge in [-0.25, -0.2) is 4.98 Å². The number of amides is 2. The summed E-state index contributed by atoms with van der Waals surface area (Å²) in [7, 11) is 0. The highest BCUT2D eigenvalue weighted by molar-refractivity contribution is 5.93. The Morgan fingerprint density at radius 3 is 2.50 bits per heavy atom. The van der Waals surface area contributed by atoms with Crippen molar-refractivity contribution in [2.75, 3.05) is 10.6 Å². The standard InChI is InChI=1S/C15H21N3O2/c1-10-8-14(16-9-13(10)17-11(2)19)18-15(20)12-6-4-3-5-7-12/h8-9,12H,3-7H2,1-2H3,(H,17,19)(H,16,18,20). The minimum Gasteiger partial charge on any atom is -0.325 e. The van der Waals surface area contributed by atoms with E-state index < -0.39 is 0 Å². The van der Waals surface area contributed by atoms with Crippen molar-refractivity contribution in [2.45, 2.75) is 46.0 Å². The first-order chi connectivity index (χ1) is 9.56. The van der Waals surface area contributed by atoms with E-state index in [0.717, 1.165) is 31.2 Å². The maximum absolute atomic E-state index is 12.1. The summed E-state index contributed by atoms with van der Waals surface area (Å²) in [6, 6.07) is 1.78. The molecule has 1 saturated carbocycles. The molecule has 1 heterocycles. The molecule has 0 spiro atoms. The lowest BCUT2D eigenvalue weighted by Crippen LogP contribution is -2.25. The Morgan fingerprint density at radius 1 is 1.20 bits per heavy atom. The highest BCUT2D eigenvalue weighted by Crippen LogP contribution is 2.25. The number of aryl methyl sites for hydroxylation is 1. The summed E-state index contributed by atoms with van der Waals surface area (Å²) in [6.45, 7) is 3.33. The molecule has 1 aliphatic carbocycles. The van der Waals surface area contributed by atoms with Gasteiger partial charge in [0.15, 0.2) is 0 Å². The van der Waals surface area contributed by atoms with Crippen molar-refractivity contribution in [3.63, 3.8) is 0 Å². The molecule has 0 unspecified atom stereocenters. The van der Waals surface area contributed by atoms with E-state index >= 15 is 0 Å². The van der Waals surface area contributed by atoms with Crippen LogP contribution in [0.4, 0.5) is 11.5 Å². The quantitative estimate of drug-likeness (QED) is 0.891. The maximum atomic E-state index is 12.1. The van der Waals surface area contributed by atoms with Crippen LogP contribution in [0.25, 0.3) is 0 Å². The predicted octanol–water partition coefficient (Wildman–Crippen LogP) is 2.87. The fourth-order valence-electron chi connectivity index (χ4n) is 2.54. The Bertz CT molecular complexity index is 508. The van der Waals surface area contributed by atoms with Gasteiger partial charge in [0.2, 0.25) is 11.8 Å². The molecule has 108 valence electrons. The molecule has 0 aliphatic heterocycles. The van der Waals surface area contributed by atoms with Crippen LogP contribution in [0.15, 0.2) is 12.3 Å². The van der Waals surface area contributed by atoms with Gasteiger partial charge in [0.05, 0.1) is 11.9 Å². The van der Waals surface area contributed by atoms with Gasteiger partial charge >= 0.3 is 0 Å². The van der Waals surface area contributed by atoms with Crippen molar-refractivity contribution in [3.05, 3.63) is 17.8 Å². The first-order valence-corrected chi connectivity index (χ1v) is 7.11. The number of hydrogen-bond donors (Lipinski definition) is 2. The van der Waals surface area contributed by atoms with E-state index in [4.69, 9.17) is 0 Å². The van der Waals surface area contributed by atoms with Gasteiger partial charge in [-0.2, -0.15) is 0 Å². The largest absolute Gasteiger partial charge is 0.325 e. The minimum atomic E-state index is -0.131. The fourth-order valence-corrected chi connectivity index (χ4v) is 2.54. The molecule has 1 aromatic rings. The molecule has 1 aromatic heterocycles. The van der Waals surface area contributed by atoms with E-state index in [9.17, 15) is 9.59 Å². The van der Waals surface area contributed by atoms with Crippen molar-refractivity contribution in [1.29, 1.82) is 0 Å². The third kappa shape index (κ3) is 3.79. The predicted molar refractivity (Wildman–Crippen MR) is 78.5 cm³/mol. The van der Waals surface area contributed by atoms with Gasteiger partial charge in [0.1, 0.15) is 5.82 Å². The Balaban J connectivity index is 2.00. The zero-order valence-electron chi connectivity index (χ0n) is 12.0. The van der Waals surface area contributed by atoms with Crippen molar-refractivity contribution < 1.29 is 9.59 Å². The monoisotopic (exact) mass is 275 g/mol. The van der Waals surface area contributed by atoms with Gasteiger partial charge in [0.25, 0.3) is 0 Å². The van der Waals surface area contributed by atoms with Crippen LogP contribution in [0.1, 0.15) is 44.6 Å². The van der Waals surface area contributed by atoms with Crippen molar-refractivity contribution in [3.8, 4) is 0 Å². The topological polar surface area (TPSA) is 71.1 Å². The smallest absolute Gasteiger partial charge is 0.228 e. The van der Waals surface area contributed by atoms with E-state index in [1.54, 1.807) is 12.3 Å². The van der Waals surface area contributed by atoms with Crippen LogP contribution in [0.2, 0.25) is 0 Å². The molecule has 0 aromatic carbocycles. The molecule has 0 atom stereocenters. The Morgan fingerprint density at radius 2 is 1.90 bits per heavy atom. The van der Waals surface area contributed by atoms with Crippen LogP contribution in [-0.4, -0.2) is 16.8 Å². The highest BCUT2D eigenvalue weighted by Gasteiger charge is 2.21. The van der Waals surface area contributed by atoms with E-state index in [1.165, 1.54) is 13.3 Å². The molecule has 0 radical (unpaired) electrons. The number of carbonyl (C=O) groups is 2. The summed E-state index contributed by atoms with van der Waals surface area (Å²) >= 11 is 0. The Labute approximate surface area is 119 Å². The van der Waals surface area contributed by atoms with E-state index in [2.05, 4.69) is 15.6 Å². The summed E-state index contributed by atoms with van der Waals surface area (Å²) in [5.41, 5.74) is 1.56. The average Bonchev–Trinajstić information content (AvgIpc) is 2.42. The fraction of sp³-hybridized carbons (Fsp3) is 0.533. The number of anilines is 2. The molecular formula is C15H21N3O2. The summed E-state index contributed by atoms with van der Waals surface area (Å²) in [6.07, 6.45) is 7.00. The van der Waals surface area contributed by atoms with E-state index in [1.807, 2.05) is 6.92 Å². The number of rotatable bonds is 3. The molecule has 1 aliphatic rings. The lowest BCUT2D eigenvalue weighted by atomic mass is 9.89. The number of nitrogens with zero attached hydrogens (tertiary/aromatic N) is 1. The molecule has 0 bridgehead atoms. The maximum Gasteiger partial charge on any atom is 0.228 e. The molecule has 5 nitrogen and oxygen atoms in total. The van der Waals surface area contributed by atoms with Gasteiger partial charge in [-0.05, 0) is 31.4 Å². The van der Waals surface area contributed by atoms with Crippen LogP contribution in [0, 0.1) is 12.8 Å².